The number of hydrogen-bond acceptors (Lipinski definition) is 6. The maximum absolute atomic E-state index is 12.8. The molecular weight excluding hydrogens is 344 g/mol. The second kappa shape index (κ2) is 5.55. The lowest BCUT2D eigenvalue weighted by Gasteiger charge is -2.28. The van der Waals surface area contributed by atoms with Crippen molar-refractivity contribution in [2.45, 2.75) is 12.1 Å². The number of nitrogens with one attached hydrogen (secondary N) is 2. The molecule has 2 N–H and O–H groups in total. The molecule has 9 heteroatoms. The third-order valence-corrected chi connectivity index (χ3v) is 5.30. The lowest BCUT2D eigenvalue weighted by atomic mass is 10.00. The van der Waals surface area contributed by atoms with E-state index < -0.39 is 17.5 Å². The number of thiazole rings is 1. The zero-order valence-electron chi connectivity index (χ0n) is 13.2. The fourth-order valence-electron chi connectivity index (χ4n) is 3.14. The number of amides is 4. The Morgan fingerprint density at radius 2 is 2.20 bits per heavy atom. The van der Waals surface area contributed by atoms with Crippen LogP contribution >= 0.6 is 11.3 Å². The Bertz CT molecular complexity index is 882. The predicted octanol–water partition coefficient (Wildman–Crippen LogP) is 0.842. The first kappa shape index (κ1) is 15.6. The normalized spacial score (nSPS) is 22.0. The van der Waals surface area contributed by atoms with E-state index in [1.807, 2.05) is 6.07 Å². The van der Waals surface area contributed by atoms with Crippen LogP contribution in [0.1, 0.15) is 20.9 Å². The fourth-order valence-corrected chi connectivity index (χ4v) is 3.92. The van der Waals surface area contributed by atoms with E-state index in [4.69, 9.17) is 4.74 Å². The van der Waals surface area contributed by atoms with Gasteiger partial charge in [0.05, 0.1) is 13.7 Å². The standard InChI is InChI=1S/C16H14N4O4S/c1-24-10-3-2-9-7-20(12(21)11(9)6-10)8-16(14-17-4-5-25-14)13(22)18-15(23)19-16/h2-6H,7-8H2,1H3,(H2,18,19,22,23)/t16-/m1/s1. The van der Waals surface area contributed by atoms with E-state index >= 15 is 0 Å². The molecule has 8 nitrogen and oxygen atoms in total. The summed E-state index contributed by atoms with van der Waals surface area (Å²) in [5.74, 6) is -0.122. The van der Waals surface area contributed by atoms with E-state index in [0.717, 1.165) is 5.56 Å². The first-order valence-electron chi connectivity index (χ1n) is 7.53. The minimum absolute atomic E-state index is 0.00785. The molecule has 2 aliphatic rings. The van der Waals surface area contributed by atoms with Gasteiger partial charge in [0, 0.05) is 23.7 Å². The highest BCUT2D eigenvalue weighted by atomic mass is 32.1. The number of benzene rings is 1. The largest absolute Gasteiger partial charge is 0.497 e. The van der Waals surface area contributed by atoms with Crippen LogP contribution in [-0.2, 0) is 16.9 Å². The molecule has 25 heavy (non-hydrogen) atoms. The van der Waals surface area contributed by atoms with Gasteiger partial charge < -0.3 is 15.0 Å². The van der Waals surface area contributed by atoms with Crippen LogP contribution in [0.15, 0.2) is 29.8 Å². The summed E-state index contributed by atoms with van der Waals surface area (Å²) in [6.07, 6.45) is 1.56. The fraction of sp³-hybridized carbons (Fsp3) is 0.250. The van der Waals surface area contributed by atoms with Crippen molar-refractivity contribution in [3.8, 4) is 5.75 Å². The number of hydrogen-bond donors (Lipinski definition) is 2. The van der Waals surface area contributed by atoms with Crippen molar-refractivity contribution in [2.75, 3.05) is 13.7 Å². The van der Waals surface area contributed by atoms with Crippen molar-refractivity contribution in [3.05, 3.63) is 45.9 Å². The van der Waals surface area contributed by atoms with Gasteiger partial charge in [-0.25, -0.2) is 9.78 Å². The summed E-state index contributed by atoms with van der Waals surface area (Å²) in [5.41, 5.74) is 0.0238. The van der Waals surface area contributed by atoms with E-state index in [-0.39, 0.29) is 12.5 Å². The molecule has 4 rings (SSSR count). The van der Waals surface area contributed by atoms with Crippen molar-refractivity contribution < 1.29 is 19.1 Å². The quantitative estimate of drug-likeness (QED) is 0.789. The highest BCUT2D eigenvalue weighted by Gasteiger charge is 2.52. The Balaban J connectivity index is 1.68. The Morgan fingerprint density at radius 3 is 2.84 bits per heavy atom. The van der Waals surface area contributed by atoms with Crippen LogP contribution in [0.4, 0.5) is 4.79 Å². The molecule has 0 spiro atoms. The molecule has 3 heterocycles. The smallest absolute Gasteiger partial charge is 0.322 e. The average Bonchev–Trinajstić information content (AvgIpc) is 3.29. The lowest BCUT2D eigenvalue weighted by molar-refractivity contribution is -0.124. The highest BCUT2D eigenvalue weighted by Crippen LogP contribution is 2.33. The Hall–Kier alpha value is -2.94. The van der Waals surface area contributed by atoms with E-state index in [1.54, 1.807) is 23.7 Å². The number of carbonyl (C=O) groups excluding carboxylic acids is 3. The summed E-state index contributed by atoms with van der Waals surface area (Å²) >= 11 is 1.25. The number of imide groups is 1. The van der Waals surface area contributed by atoms with Gasteiger partial charge in [0.15, 0.2) is 5.54 Å². The molecule has 1 fully saturated rings. The van der Waals surface area contributed by atoms with Gasteiger partial charge in [0.1, 0.15) is 10.8 Å². The molecule has 1 atom stereocenters. The van der Waals surface area contributed by atoms with Crippen molar-refractivity contribution in [2.24, 2.45) is 0 Å². The topological polar surface area (TPSA) is 101 Å². The molecule has 0 saturated carbocycles. The molecule has 2 aliphatic heterocycles. The molecule has 1 saturated heterocycles. The van der Waals surface area contributed by atoms with E-state index in [0.29, 0.717) is 22.9 Å². The van der Waals surface area contributed by atoms with Crippen molar-refractivity contribution in [1.82, 2.24) is 20.5 Å². The Morgan fingerprint density at radius 1 is 1.36 bits per heavy atom. The van der Waals surface area contributed by atoms with E-state index in [2.05, 4.69) is 15.6 Å². The zero-order chi connectivity index (χ0) is 17.6. The van der Waals surface area contributed by atoms with Gasteiger partial charge in [-0.2, -0.15) is 0 Å². The predicted molar refractivity (Wildman–Crippen MR) is 88.2 cm³/mol. The Kier molecular flexibility index (Phi) is 3.46. The van der Waals surface area contributed by atoms with Crippen LogP contribution in [0.5, 0.6) is 5.75 Å². The monoisotopic (exact) mass is 358 g/mol. The van der Waals surface area contributed by atoms with Gasteiger partial charge in [-0.3, -0.25) is 14.9 Å². The second-order valence-electron chi connectivity index (χ2n) is 5.84. The first-order valence-corrected chi connectivity index (χ1v) is 8.41. The second-order valence-corrected chi connectivity index (χ2v) is 6.73. The number of ether oxygens (including phenoxy) is 1. The summed E-state index contributed by atoms with van der Waals surface area (Å²) in [6.45, 7) is 0.363. The first-order chi connectivity index (χ1) is 12.0. The van der Waals surface area contributed by atoms with Crippen LogP contribution in [0.2, 0.25) is 0 Å². The van der Waals surface area contributed by atoms with Gasteiger partial charge in [-0.1, -0.05) is 6.07 Å². The number of aromatic nitrogens is 1. The molecular formula is C16H14N4O4S. The summed E-state index contributed by atoms with van der Waals surface area (Å²) in [7, 11) is 1.54. The molecule has 1 aromatic heterocycles. The third-order valence-electron chi connectivity index (χ3n) is 4.36. The summed E-state index contributed by atoms with van der Waals surface area (Å²) in [4.78, 5) is 42.7. The van der Waals surface area contributed by atoms with Crippen molar-refractivity contribution in [1.29, 1.82) is 0 Å². The molecule has 0 aliphatic carbocycles. The van der Waals surface area contributed by atoms with Crippen LogP contribution < -0.4 is 15.4 Å². The van der Waals surface area contributed by atoms with Crippen LogP contribution in [0, 0.1) is 0 Å². The minimum atomic E-state index is -1.37. The highest BCUT2D eigenvalue weighted by molar-refractivity contribution is 7.09. The number of fused-ring (bicyclic) bond motifs is 1. The van der Waals surface area contributed by atoms with Gasteiger partial charge in [-0.15, -0.1) is 11.3 Å². The van der Waals surface area contributed by atoms with E-state index in [1.165, 1.54) is 23.3 Å². The maximum Gasteiger partial charge on any atom is 0.322 e. The minimum Gasteiger partial charge on any atom is -0.497 e. The molecule has 0 bridgehead atoms. The van der Waals surface area contributed by atoms with E-state index in [9.17, 15) is 14.4 Å². The van der Waals surface area contributed by atoms with Gasteiger partial charge in [0.2, 0.25) is 0 Å². The number of nitrogens with zero attached hydrogens (tertiary/aromatic N) is 2. The number of rotatable bonds is 4. The summed E-state index contributed by atoms with van der Waals surface area (Å²) < 4.78 is 5.17. The zero-order valence-corrected chi connectivity index (χ0v) is 14.1. The average molecular weight is 358 g/mol. The van der Waals surface area contributed by atoms with Gasteiger partial charge >= 0.3 is 6.03 Å². The SMILES string of the molecule is COc1ccc2c(c1)C(=O)N(C[C@@]1(c3nccs3)NC(=O)NC1=O)C2. The van der Waals surface area contributed by atoms with Crippen molar-refractivity contribution in [3.63, 3.8) is 0 Å². The number of urea groups is 1. The van der Waals surface area contributed by atoms with Gasteiger partial charge in [-0.05, 0) is 17.7 Å². The number of carbonyl (C=O) groups is 3. The maximum atomic E-state index is 12.8. The van der Waals surface area contributed by atoms with Gasteiger partial charge in [0.25, 0.3) is 11.8 Å². The molecule has 128 valence electrons. The molecule has 0 radical (unpaired) electrons. The molecule has 0 unspecified atom stereocenters. The van der Waals surface area contributed by atoms with Crippen LogP contribution in [-0.4, -0.2) is 41.4 Å². The molecule has 4 amide bonds. The van der Waals surface area contributed by atoms with Crippen molar-refractivity contribution >= 4 is 29.2 Å². The van der Waals surface area contributed by atoms with Crippen LogP contribution in [0.25, 0.3) is 0 Å². The lowest BCUT2D eigenvalue weighted by Crippen LogP contribution is -2.52. The molecule has 2 aromatic rings. The summed E-state index contributed by atoms with van der Waals surface area (Å²) in [6, 6.07) is 4.71. The number of methoxy groups -OCH3 is 1. The van der Waals surface area contributed by atoms with Crippen LogP contribution in [0.3, 0.4) is 0 Å². The Labute approximate surface area is 146 Å². The summed E-state index contributed by atoms with van der Waals surface area (Å²) in [5, 5.41) is 7.05. The molecule has 1 aromatic carbocycles. The third kappa shape index (κ3) is 2.35.